The average Bonchev–Trinajstić information content (AvgIpc) is 2.62. The minimum Gasteiger partial charge on any atom is -0.506 e. The third-order valence-electron chi connectivity index (χ3n) is 4.50. The first-order valence-corrected chi connectivity index (χ1v) is 9.32. The SMILES string of the molecule is CCCCCCCCCCOc1cc(C(N)=O)c(O)c2ccccc12. The van der Waals surface area contributed by atoms with Crippen LogP contribution in [0, 0.1) is 0 Å². The van der Waals surface area contributed by atoms with Crippen LogP contribution >= 0.6 is 0 Å². The average molecular weight is 343 g/mol. The number of rotatable bonds is 11. The van der Waals surface area contributed by atoms with E-state index in [0.717, 1.165) is 18.2 Å². The Bertz CT molecular complexity index is 697. The minimum absolute atomic E-state index is 0.0810. The predicted octanol–water partition coefficient (Wildman–Crippen LogP) is 5.16. The van der Waals surface area contributed by atoms with Crippen molar-refractivity contribution in [2.24, 2.45) is 5.73 Å². The second-order valence-corrected chi connectivity index (χ2v) is 6.50. The highest BCUT2D eigenvalue weighted by Crippen LogP contribution is 2.35. The van der Waals surface area contributed by atoms with Crippen LogP contribution in [0.1, 0.15) is 68.6 Å². The fourth-order valence-corrected chi connectivity index (χ4v) is 3.05. The minimum atomic E-state index is -0.653. The molecule has 0 aliphatic heterocycles. The van der Waals surface area contributed by atoms with Crippen molar-refractivity contribution < 1.29 is 14.6 Å². The Morgan fingerprint density at radius 3 is 2.24 bits per heavy atom. The first kappa shape index (κ1) is 19.1. The van der Waals surface area contributed by atoms with Gasteiger partial charge in [0.25, 0.3) is 5.91 Å². The van der Waals surface area contributed by atoms with Gasteiger partial charge in [-0.3, -0.25) is 4.79 Å². The molecule has 0 unspecified atom stereocenters. The number of carbonyl (C=O) groups is 1. The summed E-state index contributed by atoms with van der Waals surface area (Å²) in [6.07, 6.45) is 9.91. The van der Waals surface area contributed by atoms with Crippen LogP contribution in [0.3, 0.4) is 0 Å². The molecular formula is C21H29NO3. The molecule has 2 rings (SSSR count). The van der Waals surface area contributed by atoms with Crippen molar-refractivity contribution >= 4 is 16.7 Å². The zero-order valence-corrected chi connectivity index (χ0v) is 15.1. The van der Waals surface area contributed by atoms with Crippen molar-refractivity contribution in [3.05, 3.63) is 35.9 Å². The molecule has 136 valence electrons. The van der Waals surface area contributed by atoms with E-state index in [0.29, 0.717) is 17.7 Å². The second kappa shape index (κ2) is 9.92. The van der Waals surface area contributed by atoms with E-state index < -0.39 is 5.91 Å². The number of ether oxygens (including phenoxy) is 1. The summed E-state index contributed by atoms with van der Waals surface area (Å²) >= 11 is 0. The van der Waals surface area contributed by atoms with Crippen molar-refractivity contribution in [3.63, 3.8) is 0 Å². The van der Waals surface area contributed by atoms with Gasteiger partial charge in [-0.15, -0.1) is 0 Å². The summed E-state index contributed by atoms with van der Waals surface area (Å²) in [5.41, 5.74) is 5.47. The summed E-state index contributed by atoms with van der Waals surface area (Å²) in [5.74, 6) is -0.132. The Labute approximate surface area is 150 Å². The monoisotopic (exact) mass is 343 g/mol. The maximum absolute atomic E-state index is 11.5. The van der Waals surface area contributed by atoms with Gasteiger partial charge in [0.15, 0.2) is 0 Å². The molecule has 0 saturated heterocycles. The summed E-state index contributed by atoms with van der Waals surface area (Å²) in [7, 11) is 0. The first-order chi connectivity index (χ1) is 12.1. The molecule has 0 fully saturated rings. The third-order valence-corrected chi connectivity index (χ3v) is 4.50. The van der Waals surface area contributed by atoms with Gasteiger partial charge >= 0.3 is 0 Å². The molecule has 0 spiro atoms. The molecule has 0 aliphatic rings. The lowest BCUT2D eigenvalue weighted by molar-refractivity contribution is 0.0997. The number of hydrogen-bond acceptors (Lipinski definition) is 3. The largest absolute Gasteiger partial charge is 0.506 e. The van der Waals surface area contributed by atoms with Crippen LogP contribution in [0.25, 0.3) is 10.8 Å². The molecule has 3 N–H and O–H groups in total. The van der Waals surface area contributed by atoms with E-state index >= 15 is 0 Å². The summed E-state index contributed by atoms with van der Waals surface area (Å²) in [6.45, 7) is 2.83. The van der Waals surface area contributed by atoms with E-state index in [1.807, 2.05) is 18.2 Å². The maximum atomic E-state index is 11.5. The molecule has 2 aromatic rings. The molecule has 1 amide bonds. The van der Waals surface area contributed by atoms with Gasteiger partial charge < -0.3 is 15.6 Å². The molecule has 0 heterocycles. The lowest BCUT2D eigenvalue weighted by Gasteiger charge is -2.13. The number of nitrogens with two attached hydrogens (primary N) is 1. The lowest BCUT2D eigenvalue weighted by Crippen LogP contribution is -2.12. The van der Waals surface area contributed by atoms with E-state index in [4.69, 9.17) is 10.5 Å². The molecule has 4 nitrogen and oxygen atoms in total. The highest BCUT2D eigenvalue weighted by atomic mass is 16.5. The van der Waals surface area contributed by atoms with Crippen LogP contribution in [-0.4, -0.2) is 17.6 Å². The van der Waals surface area contributed by atoms with Crippen molar-refractivity contribution in [1.82, 2.24) is 0 Å². The zero-order valence-electron chi connectivity index (χ0n) is 15.1. The summed E-state index contributed by atoms with van der Waals surface area (Å²) in [5, 5.41) is 11.6. The topological polar surface area (TPSA) is 72.5 Å². The van der Waals surface area contributed by atoms with Gasteiger partial charge in [-0.2, -0.15) is 0 Å². The van der Waals surface area contributed by atoms with Crippen molar-refractivity contribution in [2.45, 2.75) is 58.3 Å². The van der Waals surface area contributed by atoms with Gasteiger partial charge in [0.2, 0.25) is 0 Å². The predicted molar refractivity (Wildman–Crippen MR) is 102 cm³/mol. The van der Waals surface area contributed by atoms with Crippen LogP contribution in [0.5, 0.6) is 11.5 Å². The Kier molecular flexibility index (Phi) is 7.58. The summed E-state index contributed by atoms with van der Waals surface area (Å²) < 4.78 is 5.89. The van der Waals surface area contributed by atoms with E-state index in [1.165, 1.54) is 38.5 Å². The highest BCUT2D eigenvalue weighted by molar-refractivity contribution is 6.05. The summed E-state index contributed by atoms with van der Waals surface area (Å²) in [4.78, 5) is 11.5. The molecular weight excluding hydrogens is 314 g/mol. The van der Waals surface area contributed by atoms with E-state index in [9.17, 15) is 9.90 Å². The van der Waals surface area contributed by atoms with Crippen LogP contribution in [-0.2, 0) is 0 Å². The number of amides is 1. The molecule has 0 aliphatic carbocycles. The van der Waals surface area contributed by atoms with Gasteiger partial charge in [0, 0.05) is 10.8 Å². The zero-order chi connectivity index (χ0) is 18.1. The lowest BCUT2D eigenvalue weighted by atomic mass is 10.0. The fraction of sp³-hybridized carbons (Fsp3) is 0.476. The quantitative estimate of drug-likeness (QED) is 0.553. The van der Waals surface area contributed by atoms with E-state index in [2.05, 4.69) is 6.92 Å². The second-order valence-electron chi connectivity index (χ2n) is 6.50. The molecule has 0 radical (unpaired) electrons. The molecule has 0 atom stereocenters. The molecule has 25 heavy (non-hydrogen) atoms. The van der Waals surface area contributed by atoms with E-state index in [1.54, 1.807) is 12.1 Å². The van der Waals surface area contributed by atoms with Gasteiger partial charge in [0.05, 0.1) is 12.2 Å². The number of hydrogen-bond donors (Lipinski definition) is 2. The number of unbranched alkanes of at least 4 members (excludes halogenated alkanes) is 7. The summed E-state index contributed by atoms with van der Waals surface area (Å²) in [6, 6.07) is 8.89. The Balaban J connectivity index is 1.90. The van der Waals surface area contributed by atoms with Gasteiger partial charge in [-0.1, -0.05) is 76.1 Å². The van der Waals surface area contributed by atoms with Crippen molar-refractivity contribution in [1.29, 1.82) is 0 Å². The van der Waals surface area contributed by atoms with E-state index in [-0.39, 0.29) is 11.3 Å². The number of aromatic hydroxyl groups is 1. The maximum Gasteiger partial charge on any atom is 0.252 e. The van der Waals surface area contributed by atoms with Crippen LogP contribution in [0.15, 0.2) is 30.3 Å². The van der Waals surface area contributed by atoms with Crippen LogP contribution in [0.2, 0.25) is 0 Å². The van der Waals surface area contributed by atoms with Gasteiger partial charge in [-0.25, -0.2) is 0 Å². The molecule has 2 aromatic carbocycles. The fourth-order valence-electron chi connectivity index (χ4n) is 3.05. The van der Waals surface area contributed by atoms with Crippen molar-refractivity contribution in [3.8, 4) is 11.5 Å². The molecule has 0 saturated carbocycles. The Hall–Kier alpha value is -2.23. The molecule has 4 heteroatoms. The normalized spacial score (nSPS) is 10.9. The highest BCUT2D eigenvalue weighted by Gasteiger charge is 2.15. The standard InChI is InChI=1S/C21H29NO3/c1-2-3-4-5-6-7-8-11-14-25-19-15-18(21(22)24)20(23)17-13-10-9-12-16(17)19/h9-10,12-13,15,23H,2-8,11,14H2,1H3,(H2,22,24). The number of primary amides is 1. The number of benzene rings is 2. The molecule has 0 aromatic heterocycles. The van der Waals surface area contributed by atoms with Gasteiger partial charge in [0.1, 0.15) is 11.5 Å². The smallest absolute Gasteiger partial charge is 0.252 e. The third kappa shape index (κ3) is 5.38. The first-order valence-electron chi connectivity index (χ1n) is 9.32. The van der Waals surface area contributed by atoms with Crippen LogP contribution < -0.4 is 10.5 Å². The van der Waals surface area contributed by atoms with Gasteiger partial charge in [-0.05, 0) is 12.5 Å². The van der Waals surface area contributed by atoms with Crippen LogP contribution in [0.4, 0.5) is 0 Å². The van der Waals surface area contributed by atoms with Crippen molar-refractivity contribution in [2.75, 3.05) is 6.61 Å². The number of fused-ring (bicyclic) bond motifs is 1. The number of carbonyl (C=O) groups excluding carboxylic acids is 1. The Morgan fingerprint density at radius 1 is 1.00 bits per heavy atom. The Morgan fingerprint density at radius 2 is 1.60 bits per heavy atom. The molecule has 0 bridgehead atoms. The number of phenols is 1.